The molecule has 3 nitrogen and oxygen atoms in total. The van der Waals surface area contributed by atoms with Gasteiger partial charge in [-0.1, -0.05) is 0 Å². The van der Waals surface area contributed by atoms with E-state index >= 15 is 0 Å². The van der Waals surface area contributed by atoms with Crippen LogP contribution in [0.2, 0.25) is 0 Å². The lowest BCUT2D eigenvalue weighted by atomic mass is 10.3. The number of pyridine rings is 1. The van der Waals surface area contributed by atoms with E-state index in [0.29, 0.717) is 5.69 Å². The lowest BCUT2D eigenvalue weighted by Gasteiger charge is -2.17. The van der Waals surface area contributed by atoms with Gasteiger partial charge < -0.3 is 10.6 Å². The lowest BCUT2D eigenvalue weighted by molar-refractivity contribution is 0.902. The van der Waals surface area contributed by atoms with Crippen LogP contribution in [0.15, 0.2) is 35.2 Å². The molecular formula is C11H13N3S. The third-order valence-corrected chi connectivity index (χ3v) is 2.89. The van der Waals surface area contributed by atoms with Crippen molar-refractivity contribution >= 4 is 22.8 Å². The summed E-state index contributed by atoms with van der Waals surface area (Å²) in [6.45, 7) is 0.875. The molecule has 78 valence electrons. The minimum Gasteiger partial charge on any atom is -0.397 e. The Kier molecular flexibility index (Phi) is 2.87. The van der Waals surface area contributed by atoms with E-state index in [4.69, 9.17) is 5.73 Å². The Labute approximate surface area is 93.2 Å². The summed E-state index contributed by atoms with van der Waals surface area (Å²) >= 11 is 1.71. The van der Waals surface area contributed by atoms with Crippen molar-refractivity contribution in [3.63, 3.8) is 0 Å². The highest BCUT2D eigenvalue weighted by Crippen LogP contribution is 2.15. The van der Waals surface area contributed by atoms with Crippen LogP contribution in [0.1, 0.15) is 5.56 Å². The quantitative estimate of drug-likeness (QED) is 0.861. The number of nitrogen functional groups attached to an aromatic ring is 1. The Balaban J connectivity index is 2.08. The van der Waals surface area contributed by atoms with Gasteiger partial charge in [-0.25, -0.2) is 4.98 Å². The molecule has 0 aliphatic rings. The molecule has 2 heterocycles. The molecule has 0 unspecified atom stereocenters. The van der Waals surface area contributed by atoms with E-state index in [1.54, 1.807) is 17.5 Å². The van der Waals surface area contributed by atoms with Crippen LogP contribution in [0, 0.1) is 0 Å². The maximum atomic E-state index is 5.58. The topological polar surface area (TPSA) is 42.1 Å². The van der Waals surface area contributed by atoms with E-state index in [9.17, 15) is 0 Å². The minimum absolute atomic E-state index is 0.697. The first-order valence-electron chi connectivity index (χ1n) is 4.69. The first-order chi connectivity index (χ1) is 7.25. The number of nitrogens with zero attached hydrogens (tertiary/aromatic N) is 2. The van der Waals surface area contributed by atoms with E-state index < -0.39 is 0 Å². The second kappa shape index (κ2) is 4.31. The molecule has 0 fully saturated rings. The summed E-state index contributed by atoms with van der Waals surface area (Å²) in [5.41, 5.74) is 7.59. The maximum absolute atomic E-state index is 5.58. The van der Waals surface area contributed by atoms with Gasteiger partial charge in [0.25, 0.3) is 0 Å². The summed E-state index contributed by atoms with van der Waals surface area (Å²) in [6, 6.07) is 5.92. The van der Waals surface area contributed by atoms with Crippen LogP contribution >= 0.6 is 11.3 Å². The molecule has 0 saturated heterocycles. The van der Waals surface area contributed by atoms with Gasteiger partial charge in [-0.2, -0.15) is 11.3 Å². The Hall–Kier alpha value is -1.55. The average molecular weight is 219 g/mol. The number of rotatable bonds is 3. The summed E-state index contributed by atoms with van der Waals surface area (Å²) < 4.78 is 0. The summed E-state index contributed by atoms with van der Waals surface area (Å²) in [4.78, 5) is 6.36. The molecule has 15 heavy (non-hydrogen) atoms. The van der Waals surface area contributed by atoms with Crippen molar-refractivity contribution in [2.75, 3.05) is 17.7 Å². The molecule has 0 amide bonds. The normalized spacial score (nSPS) is 10.2. The maximum Gasteiger partial charge on any atom is 0.128 e. The van der Waals surface area contributed by atoms with Gasteiger partial charge in [0.05, 0.1) is 11.9 Å². The van der Waals surface area contributed by atoms with Crippen LogP contribution in [0.25, 0.3) is 0 Å². The van der Waals surface area contributed by atoms with Crippen molar-refractivity contribution in [2.45, 2.75) is 6.54 Å². The van der Waals surface area contributed by atoms with E-state index in [-0.39, 0.29) is 0 Å². The van der Waals surface area contributed by atoms with Crippen molar-refractivity contribution in [3.8, 4) is 0 Å². The molecular weight excluding hydrogens is 206 g/mol. The number of thiophene rings is 1. The Morgan fingerprint density at radius 2 is 2.27 bits per heavy atom. The molecule has 0 radical (unpaired) electrons. The number of hydrogen-bond acceptors (Lipinski definition) is 4. The van der Waals surface area contributed by atoms with Gasteiger partial charge in [-0.15, -0.1) is 0 Å². The van der Waals surface area contributed by atoms with Crippen LogP contribution in [-0.4, -0.2) is 12.0 Å². The number of hydrogen-bond donors (Lipinski definition) is 1. The van der Waals surface area contributed by atoms with Crippen LogP contribution in [0.3, 0.4) is 0 Å². The van der Waals surface area contributed by atoms with Crippen LogP contribution < -0.4 is 10.6 Å². The fourth-order valence-corrected chi connectivity index (χ4v) is 2.02. The molecule has 2 rings (SSSR count). The van der Waals surface area contributed by atoms with Crippen molar-refractivity contribution < 1.29 is 0 Å². The zero-order chi connectivity index (χ0) is 10.7. The zero-order valence-electron chi connectivity index (χ0n) is 8.55. The van der Waals surface area contributed by atoms with Crippen molar-refractivity contribution in [1.29, 1.82) is 0 Å². The van der Waals surface area contributed by atoms with Gasteiger partial charge >= 0.3 is 0 Å². The molecule has 0 spiro atoms. The second-order valence-corrected chi connectivity index (χ2v) is 4.22. The van der Waals surface area contributed by atoms with Gasteiger partial charge in [-0.05, 0) is 34.5 Å². The average Bonchev–Trinajstić information content (AvgIpc) is 2.71. The van der Waals surface area contributed by atoms with Gasteiger partial charge in [-0.3, -0.25) is 0 Å². The Morgan fingerprint density at radius 1 is 1.40 bits per heavy atom. The van der Waals surface area contributed by atoms with Crippen LogP contribution in [0.5, 0.6) is 0 Å². The molecule has 2 aromatic heterocycles. The monoisotopic (exact) mass is 219 g/mol. The fraction of sp³-hybridized carbons (Fsp3) is 0.182. The summed E-state index contributed by atoms with van der Waals surface area (Å²) in [7, 11) is 2.02. The molecule has 0 saturated carbocycles. The largest absolute Gasteiger partial charge is 0.397 e. The number of anilines is 2. The Bertz CT molecular complexity index is 408. The number of aromatic nitrogens is 1. The fourth-order valence-electron chi connectivity index (χ4n) is 1.36. The SMILES string of the molecule is CN(Cc1ccsc1)c1ccc(N)cn1. The standard InChI is InChI=1S/C11H13N3S/c1-14(7-9-4-5-15-8-9)11-3-2-10(12)6-13-11/h2-6,8H,7,12H2,1H3. The number of nitrogens with two attached hydrogens (primary N) is 1. The molecule has 0 aliphatic carbocycles. The van der Waals surface area contributed by atoms with E-state index in [0.717, 1.165) is 12.4 Å². The van der Waals surface area contributed by atoms with Crippen molar-refractivity contribution in [3.05, 3.63) is 40.7 Å². The van der Waals surface area contributed by atoms with Crippen LogP contribution in [0.4, 0.5) is 11.5 Å². The van der Waals surface area contributed by atoms with Gasteiger partial charge in [0.2, 0.25) is 0 Å². The summed E-state index contributed by atoms with van der Waals surface area (Å²) in [5, 5.41) is 4.23. The lowest BCUT2D eigenvalue weighted by Crippen LogP contribution is -2.17. The molecule has 2 N–H and O–H groups in total. The highest BCUT2D eigenvalue weighted by atomic mass is 32.1. The highest BCUT2D eigenvalue weighted by Gasteiger charge is 2.02. The first-order valence-corrected chi connectivity index (χ1v) is 5.64. The van der Waals surface area contributed by atoms with Gasteiger partial charge in [0, 0.05) is 13.6 Å². The van der Waals surface area contributed by atoms with E-state index in [2.05, 4.69) is 26.7 Å². The highest BCUT2D eigenvalue weighted by molar-refractivity contribution is 7.07. The van der Waals surface area contributed by atoms with Crippen LogP contribution in [-0.2, 0) is 6.54 Å². The van der Waals surface area contributed by atoms with E-state index in [1.165, 1.54) is 5.56 Å². The summed E-state index contributed by atoms with van der Waals surface area (Å²) in [5.74, 6) is 0.940. The molecule has 0 bridgehead atoms. The van der Waals surface area contributed by atoms with Crippen molar-refractivity contribution in [2.24, 2.45) is 0 Å². The second-order valence-electron chi connectivity index (χ2n) is 3.44. The minimum atomic E-state index is 0.697. The third-order valence-electron chi connectivity index (χ3n) is 2.16. The smallest absolute Gasteiger partial charge is 0.128 e. The predicted octanol–water partition coefficient (Wildman–Crippen LogP) is 2.36. The molecule has 4 heteroatoms. The summed E-state index contributed by atoms with van der Waals surface area (Å²) in [6.07, 6.45) is 1.68. The van der Waals surface area contributed by atoms with Gasteiger partial charge in [0.1, 0.15) is 5.82 Å². The predicted molar refractivity (Wildman–Crippen MR) is 65.1 cm³/mol. The molecule has 0 atom stereocenters. The molecule has 0 aromatic carbocycles. The zero-order valence-corrected chi connectivity index (χ0v) is 9.37. The van der Waals surface area contributed by atoms with Crippen molar-refractivity contribution in [1.82, 2.24) is 4.98 Å². The third kappa shape index (κ3) is 2.47. The Morgan fingerprint density at radius 3 is 2.87 bits per heavy atom. The molecule has 0 aliphatic heterocycles. The van der Waals surface area contributed by atoms with Gasteiger partial charge in [0.15, 0.2) is 0 Å². The first kappa shape index (κ1) is 9.98. The molecule has 2 aromatic rings. The van der Waals surface area contributed by atoms with E-state index in [1.807, 2.05) is 19.2 Å².